The molecule has 0 aliphatic carbocycles. The van der Waals surface area contributed by atoms with E-state index < -0.39 is 34.5 Å². The number of halogens is 2. The number of anilines is 1. The maximum atomic E-state index is 12.5. The first-order chi connectivity index (χ1) is 14.3. The van der Waals surface area contributed by atoms with Gasteiger partial charge in [-0.3, -0.25) is 14.9 Å². The molecule has 1 N–H and O–H groups in total. The predicted octanol–water partition coefficient (Wildman–Crippen LogP) is 3.76. The number of methoxy groups -OCH3 is 2. The minimum atomic E-state index is -3.23. The van der Waals surface area contributed by atoms with Gasteiger partial charge in [-0.1, -0.05) is 0 Å². The van der Waals surface area contributed by atoms with Crippen LogP contribution >= 0.6 is 0 Å². The molecule has 0 saturated carbocycles. The number of alkyl halides is 2. The van der Waals surface area contributed by atoms with Gasteiger partial charge in [-0.2, -0.15) is 14.0 Å². The van der Waals surface area contributed by atoms with Crippen LogP contribution in [0.15, 0.2) is 42.0 Å². The molecule has 0 aromatic heterocycles. The largest absolute Gasteiger partial charge is 0.497 e. The second kappa shape index (κ2) is 9.83. The first-order valence-electron chi connectivity index (χ1n) is 8.17. The second-order valence-electron chi connectivity index (χ2n) is 5.55. The van der Waals surface area contributed by atoms with Crippen LogP contribution in [-0.2, 0) is 4.79 Å². The quantitative estimate of drug-likeness (QED) is 0.299. The fourth-order valence-corrected chi connectivity index (χ4v) is 2.36. The third kappa shape index (κ3) is 5.41. The van der Waals surface area contributed by atoms with Crippen LogP contribution in [0.2, 0.25) is 0 Å². The minimum absolute atomic E-state index is 0.208. The summed E-state index contributed by atoms with van der Waals surface area (Å²) in [6, 6.07) is 9.65. The molecule has 156 valence electrons. The molecule has 30 heavy (non-hydrogen) atoms. The van der Waals surface area contributed by atoms with Gasteiger partial charge in [0.15, 0.2) is 11.5 Å². The van der Waals surface area contributed by atoms with Crippen LogP contribution in [0.5, 0.6) is 17.2 Å². The molecule has 0 atom stereocenters. The van der Waals surface area contributed by atoms with E-state index in [0.717, 1.165) is 25.3 Å². The van der Waals surface area contributed by atoms with Gasteiger partial charge in [0, 0.05) is 5.69 Å². The van der Waals surface area contributed by atoms with Gasteiger partial charge in [0.1, 0.15) is 17.4 Å². The van der Waals surface area contributed by atoms with Crippen molar-refractivity contribution in [2.45, 2.75) is 6.61 Å². The third-order valence-electron chi connectivity index (χ3n) is 3.74. The number of nitrogens with zero attached hydrogens (tertiary/aromatic N) is 2. The Hall–Kier alpha value is -4.20. The van der Waals surface area contributed by atoms with Crippen LogP contribution < -0.4 is 19.5 Å². The molecule has 0 aliphatic rings. The molecule has 0 aliphatic heterocycles. The van der Waals surface area contributed by atoms with Crippen molar-refractivity contribution in [3.8, 4) is 23.3 Å². The zero-order chi connectivity index (χ0) is 22.3. The van der Waals surface area contributed by atoms with E-state index in [2.05, 4.69) is 10.1 Å². The SMILES string of the molecule is COc1ccc(NC(=O)/C(C#N)=C/c2cc(OC)c(OC(F)F)cc2[N+](=O)[O-])cc1. The van der Waals surface area contributed by atoms with Crippen molar-refractivity contribution in [1.29, 1.82) is 5.26 Å². The van der Waals surface area contributed by atoms with Gasteiger partial charge < -0.3 is 19.5 Å². The summed E-state index contributed by atoms with van der Waals surface area (Å²) in [5, 5.41) is 23.1. The Morgan fingerprint density at radius 1 is 1.20 bits per heavy atom. The van der Waals surface area contributed by atoms with E-state index >= 15 is 0 Å². The Kier molecular flexibility index (Phi) is 7.24. The van der Waals surface area contributed by atoms with Crippen molar-refractivity contribution in [2.24, 2.45) is 0 Å². The van der Waals surface area contributed by atoms with Crippen molar-refractivity contribution in [3.63, 3.8) is 0 Å². The maximum absolute atomic E-state index is 12.5. The van der Waals surface area contributed by atoms with E-state index in [4.69, 9.17) is 9.47 Å². The monoisotopic (exact) mass is 419 g/mol. The topological polar surface area (TPSA) is 124 Å². The molecule has 9 nitrogen and oxygen atoms in total. The van der Waals surface area contributed by atoms with Crippen molar-refractivity contribution in [3.05, 3.63) is 57.6 Å². The number of hydrogen-bond acceptors (Lipinski definition) is 7. The molecule has 2 rings (SSSR count). The number of ether oxygens (including phenoxy) is 3. The summed E-state index contributed by atoms with van der Waals surface area (Å²) in [5.41, 5.74) is -0.968. The number of benzene rings is 2. The predicted molar refractivity (Wildman–Crippen MR) is 101 cm³/mol. The molecular weight excluding hydrogens is 404 g/mol. The fourth-order valence-electron chi connectivity index (χ4n) is 2.36. The van der Waals surface area contributed by atoms with Gasteiger partial charge in [-0.15, -0.1) is 0 Å². The van der Waals surface area contributed by atoms with Crippen LogP contribution in [-0.4, -0.2) is 31.7 Å². The number of nitrogens with one attached hydrogen (secondary N) is 1. The van der Waals surface area contributed by atoms with Gasteiger partial charge >= 0.3 is 6.61 Å². The number of carbonyl (C=O) groups is 1. The van der Waals surface area contributed by atoms with E-state index in [1.54, 1.807) is 18.2 Å². The lowest BCUT2D eigenvalue weighted by Gasteiger charge is -2.11. The summed E-state index contributed by atoms with van der Waals surface area (Å²) in [6.45, 7) is -3.23. The van der Waals surface area contributed by atoms with Gasteiger partial charge in [0.2, 0.25) is 0 Å². The standard InChI is InChI=1S/C19H15F2N3O6/c1-28-14-5-3-13(4-6-14)23-18(25)12(10-22)7-11-8-16(29-2)17(30-19(20)21)9-15(11)24(26)27/h3-9,19H,1-2H3,(H,23,25)/b12-7+. The molecule has 0 unspecified atom stereocenters. The van der Waals surface area contributed by atoms with E-state index in [-0.39, 0.29) is 11.3 Å². The molecule has 2 aromatic carbocycles. The molecule has 0 fully saturated rings. The van der Waals surface area contributed by atoms with Crippen molar-refractivity contribution in [1.82, 2.24) is 0 Å². The normalized spacial score (nSPS) is 10.9. The number of hydrogen-bond donors (Lipinski definition) is 1. The summed E-state index contributed by atoms with van der Waals surface area (Å²) in [4.78, 5) is 22.9. The van der Waals surface area contributed by atoms with Crippen molar-refractivity contribution in [2.75, 3.05) is 19.5 Å². The Bertz CT molecular complexity index is 1020. The molecule has 0 spiro atoms. The number of nitro benzene ring substituents is 1. The number of amides is 1. The average Bonchev–Trinajstić information content (AvgIpc) is 2.72. The lowest BCUT2D eigenvalue weighted by Crippen LogP contribution is -2.13. The minimum Gasteiger partial charge on any atom is -0.497 e. The molecule has 0 bridgehead atoms. The van der Waals surface area contributed by atoms with Gasteiger partial charge in [0.25, 0.3) is 11.6 Å². The highest BCUT2D eigenvalue weighted by Gasteiger charge is 2.22. The Labute approximate surface area is 169 Å². The molecule has 0 radical (unpaired) electrons. The highest BCUT2D eigenvalue weighted by molar-refractivity contribution is 6.10. The lowest BCUT2D eigenvalue weighted by atomic mass is 10.1. The zero-order valence-electron chi connectivity index (χ0n) is 15.7. The Morgan fingerprint density at radius 2 is 1.87 bits per heavy atom. The maximum Gasteiger partial charge on any atom is 0.387 e. The highest BCUT2D eigenvalue weighted by atomic mass is 19.3. The van der Waals surface area contributed by atoms with E-state index in [1.807, 2.05) is 0 Å². The van der Waals surface area contributed by atoms with E-state index in [0.29, 0.717) is 11.4 Å². The van der Waals surface area contributed by atoms with Gasteiger partial charge in [-0.25, -0.2) is 0 Å². The summed E-state index contributed by atoms with van der Waals surface area (Å²) in [7, 11) is 2.62. The zero-order valence-corrected chi connectivity index (χ0v) is 15.7. The molecule has 0 saturated heterocycles. The summed E-state index contributed by atoms with van der Waals surface area (Å²) in [6.07, 6.45) is 0.950. The molecule has 1 amide bonds. The van der Waals surface area contributed by atoms with E-state index in [1.165, 1.54) is 19.2 Å². The van der Waals surface area contributed by atoms with Crippen LogP contribution in [0.3, 0.4) is 0 Å². The summed E-state index contributed by atoms with van der Waals surface area (Å²) >= 11 is 0. The van der Waals surface area contributed by atoms with Gasteiger partial charge in [0.05, 0.1) is 30.8 Å². The summed E-state index contributed by atoms with van der Waals surface area (Å²) < 4.78 is 39.2. The highest BCUT2D eigenvalue weighted by Crippen LogP contribution is 2.36. The van der Waals surface area contributed by atoms with Crippen molar-refractivity contribution >= 4 is 23.4 Å². The van der Waals surface area contributed by atoms with Crippen LogP contribution in [0.4, 0.5) is 20.2 Å². The number of nitro groups is 1. The first-order valence-corrected chi connectivity index (χ1v) is 8.17. The Morgan fingerprint density at radius 3 is 2.37 bits per heavy atom. The smallest absolute Gasteiger partial charge is 0.387 e. The van der Waals surface area contributed by atoms with Gasteiger partial charge in [-0.05, 0) is 36.4 Å². The molecule has 2 aromatic rings. The summed E-state index contributed by atoms with van der Waals surface area (Å²) in [5.74, 6) is -1.07. The molecule has 11 heteroatoms. The second-order valence-corrected chi connectivity index (χ2v) is 5.55. The molecule has 0 heterocycles. The Balaban J connectivity index is 2.42. The number of nitriles is 1. The third-order valence-corrected chi connectivity index (χ3v) is 3.74. The van der Waals surface area contributed by atoms with E-state index in [9.17, 15) is 29.0 Å². The fraction of sp³-hybridized carbons (Fsp3) is 0.158. The number of carbonyl (C=O) groups excluding carboxylic acids is 1. The van der Waals surface area contributed by atoms with Crippen LogP contribution in [0, 0.1) is 21.4 Å². The lowest BCUT2D eigenvalue weighted by molar-refractivity contribution is -0.385. The average molecular weight is 419 g/mol. The van der Waals surface area contributed by atoms with Crippen molar-refractivity contribution < 1.29 is 32.7 Å². The first kappa shape index (κ1) is 22.1. The number of rotatable bonds is 8. The van der Waals surface area contributed by atoms with Crippen LogP contribution in [0.1, 0.15) is 5.56 Å². The molecular formula is C19H15F2N3O6. The van der Waals surface area contributed by atoms with Crippen LogP contribution in [0.25, 0.3) is 6.08 Å².